The van der Waals surface area contributed by atoms with Crippen LogP contribution in [0.5, 0.6) is 0 Å². The Kier molecular flexibility index (Phi) is 4.93. The number of thioether (sulfide) groups is 1. The average Bonchev–Trinajstić information content (AvgIpc) is 3.04. The molecule has 2 heterocycles. The summed E-state index contributed by atoms with van der Waals surface area (Å²) in [4.78, 5) is 15.4. The molecule has 24 heavy (non-hydrogen) atoms. The zero-order chi connectivity index (χ0) is 16.9. The molecule has 0 fully saturated rings. The van der Waals surface area contributed by atoms with Crippen LogP contribution >= 0.6 is 23.4 Å². The largest absolute Gasteiger partial charge is 0.477 e. The van der Waals surface area contributed by atoms with Gasteiger partial charge in [-0.25, -0.2) is 4.79 Å². The zero-order valence-corrected chi connectivity index (χ0v) is 13.7. The molecule has 0 bridgehead atoms. The Morgan fingerprint density at radius 2 is 2.00 bits per heavy atom. The summed E-state index contributed by atoms with van der Waals surface area (Å²) in [7, 11) is 0. The fourth-order valence-corrected chi connectivity index (χ4v) is 2.60. The van der Waals surface area contributed by atoms with Crippen LogP contribution in [-0.2, 0) is 4.79 Å². The van der Waals surface area contributed by atoms with Crippen LogP contribution in [0.1, 0.15) is 5.56 Å². The van der Waals surface area contributed by atoms with Gasteiger partial charge in [0.1, 0.15) is 4.91 Å². The van der Waals surface area contributed by atoms with Crippen LogP contribution in [-0.4, -0.2) is 26.3 Å². The Labute approximate surface area is 146 Å². The van der Waals surface area contributed by atoms with E-state index in [-0.39, 0.29) is 10.1 Å². The van der Waals surface area contributed by atoms with Crippen LogP contribution in [0.15, 0.2) is 63.3 Å². The lowest BCUT2D eigenvalue weighted by Crippen LogP contribution is -1.96. The van der Waals surface area contributed by atoms with E-state index in [2.05, 4.69) is 15.2 Å². The number of carbonyl (C=O) groups is 1. The SMILES string of the molecule is O=C(O)/C(=C/c1cccnc1)Sc1nnc(-c2ccc(Cl)cc2)o1. The molecule has 0 radical (unpaired) electrons. The van der Waals surface area contributed by atoms with Crippen molar-refractivity contribution < 1.29 is 14.3 Å². The first-order valence-corrected chi connectivity index (χ1v) is 7.93. The molecule has 8 heteroatoms. The summed E-state index contributed by atoms with van der Waals surface area (Å²) in [5.41, 5.74) is 1.37. The highest BCUT2D eigenvalue weighted by atomic mass is 35.5. The summed E-state index contributed by atoms with van der Waals surface area (Å²) in [5.74, 6) is -0.796. The maximum absolute atomic E-state index is 11.4. The van der Waals surface area contributed by atoms with Crippen LogP contribution in [0.4, 0.5) is 0 Å². The monoisotopic (exact) mass is 359 g/mol. The summed E-state index contributed by atoms with van der Waals surface area (Å²) in [5, 5.41) is 17.9. The van der Waals surface area contributed by atoms with Crippen LogP contribution < -0.4 is 0 Å². The van der Waals surface area contributed by atoms with Gasteiger partial charge in [-0.05, 0) is 53.7 Å². The molecule has 1 aromatic carbocycles. The molecule has 120 valence electrons. The first kappa shape index (κ1) is 16.2. The van der Waals surface area contributed by atoms with Gasteiger partial charge in [0, 0.05) is 23.0 Å². The molecular formula is C16H10ClN3O3S. The average molecular weight is 360 g/mol. The first-order valence-electron chi connectivity index (χ1n) is 6.74. The molecule has 0 aliphatic rings. The Balaban J connectivity index is 1.83. The van der Waals surface area contributed by atoms with Gasteiger partial charge in [-0.2, -0.15) is 0 Å². The molecule has 3 rings (SSSR count). The van der Waals surface area contributed by atoms with Gasteiger partial charge in [0.2, 0.25) is 5.89 Å². The first-order chi connectivity index (χ1) is 11.6. The van der Waals surface area contributed by atoms with E-state index in [1.54, 1.807) is 48.8 Å². The molecule has 2 aromatic heterocycles. The molecule has 1 N–H and O–H groups in total. The molecule has 0 aliphatic carbocycles. The maximum Gasteiger partial charge on any atom is 0.342 e. The number of aromatic nitrogens is 3. The van der Waals surface area contributed by atoms with Gasteiger partial charge in [-0.3, -0.25) is 4.98 Å². The molecule has 0 amide bonds. The van der Waals surface area contributed by atoms with E-state index in [9.17, 15) is 9.90 Å². The minimum absolute atomic E-state index is 0.0503. The molecule has 3 aromatic rings. The van der Waals surface area contributed by atoms with Gasteiger partial charge in [0.15, 0.2) is 0 Å². The highest BCUT2D eigenvalue weighted by molar-refractivity contribution is 8.03. The Morgan fingerprint density at radius 1 is 1.21 bits per heavy atom. The van der Waals surface area contributed by atoms with E-state index in [4.69, 9.17) is 16.0 Å². The van der Waals surface area contributed by atoms with Crippen molar-refractivity contribution in [3.8, 4) is 11.5 Å². The van der Waals surface area contributed by atoms with Crippen molar-refractivity contribution in [1.82, 2.24) is 15.2 Å². The fourth-order valence-electron chi connectivity index (χ4n) is 1.80. The highest BCUT2D eigenvalue weighted by Crippen LogP contribution is 2.30. The molecule has 0 aliphatic heterocycles. The number of pyridine rings is 1. The molecule has 0 atom stereocenters. The lowest BCUT2D eigenvalue weighted by atomic mass is 10.2. The van der Waals surface area contributed by atoms with E-state index in [1.807, 2.05) is 0 Å². The standard InChI is InChI=1S/C16H10ClN3O3S/c17-12-5-3-11(4-6-12)14-19-20-16(23-14)24-13(15(21)22)8-10-2-1-7-18-9-10/h1-9H,(H,21,22)/b13-8-. The third-order valence-electron chi connectivity index (χ3n) is 2.89. The molecule has 0 saturated heterocycles. The smallest absolute Gasteiger partial charge is 0.342 e. The quantitative estimate of drug-likeness (QED) is 0.543. The summed E-state index contributed by atoms with van der Waals surface area (Å²) in [6.45, 7) is 0. The predicted octanol–water partition coefficient (Wildman–Crippen LogP) is 4.00. The molecular weight excluding hydrogens is 350 g/mol. The number of nitrogens with zero attached hydrogens (tertiary/aromatic N) is 3. The zero-order valence-electron chi connectivity index (χ0n) is 12.1. The van der Waals surface area contributed by atoms with Crippen LogP contribution in [0.2, 0.25) is 5.02 Å². The van der Waals surface area contributed by atoms with Gasteiger partial charge < -0.3 is 9.52 Å². The highest BCUT2D eigenvalue weighted by Gasteiger charge is 2.16. The summed E-state index contributed by atoms with van der Waals surface area (Å²) in [6.07, 6.45) is 4.67. The van der Waals surface area contributed by atoms with Gasteiger partial charge in [-0.1, -0.05) is 17.7 Å². The van der Waals surface area contributed by atoms with Crippen molar-refractivity contribution in [1.29, 1.82) is 0 Å². The van der Waals surface area contributed by atoms with Crippen molar-refractivity contribution in [2.45, 2.75) is 5.22 Å². The number of benzene rings is 1. The molecule has 0 unspecified atom stereocenters. The molecule has 0 saturated carbocycles. The minimum Gasteiger partial charge on any atom is -0.477 e. The van der Waals surface area contributed by atoms with Gasteiger partial charge in [0.25, 0.3) is 5.22 Å². The molecule has 0 spiro atoms. The lowest BCUT2D eigenvalue weighted by Gasteiger charge is -1.98. The number of hydrogen-bond acceptors (Lipinski definition) is 6. The Hall–Kier alpha value is -2.64. The Bertz CT molecular complexity index is 879. The number of carboxylic acid groups (broad SMARTS) is 1. The number of aliphatic carboxylic acids is 1. The second-order valence-electron chi connectivity index (χ2n) is 4.58. The van der Waals surface area contributed by atoms with Crippen molar-refractivity contribution in [2.24, 2.45) is 0 Å². The summed E-state index contributed by atoms with van der Waals surface area (Å²) < 4.78 is 5.51. The van der Waals surface area contributed by atoms with E-state index in [0.717, 1.165) is 11.8 Å². The van der Waals surface area contributed by atoms with Crippen molar-refractivity contribution in [3.05, 3.63) is 64.3 Å². The molecule has 6 nitrogen and oxygen atoms in total. The third-order valence-corrected chi connectivity index (χ3v) is 3.99. The third kappa shape index (κ3) is 4.01. The van der Waals surface area contributed by atoms with Crippen molar-refractivity contribution in [2.75, 3.05) is 0 Å². The number of hydrogen-bond donors (Lipinski definition) is 1. The van der Waals surface area contributed by atoms with Crippen molar-refractivity contribution in [3.63, 3.8) is 0 Å². The van der Waals surface area contributed by atoms with E-state index in [0.29, 0.717) is 22.0 Å². The van der Waals surface area contributed by atoms with Gasteiger partial charge in [0.05, 0.1) is 0 Å². The number of halogens is 1. The summed E-state index contributed by atoms with van der Waals surface area (Å²) in [6, 6.07) is 10.4. The minimum atomic E-state index is -1.09. The van der Waals surface area contributed by atoms with Gasteiger partial charge in [-0.15, -0.1) is 10.2 Å². The topological polar surface area (TPSA) is 89.1 Å². The van der Waals surface area contributed by atoms with Crippen LogP contribution in [0.25, 0.3) is 17.5 Å². The maximum atomic E-state index is 11.4. The fraction of sp³-hybridized carbons (Fsp3) is 0. The Morgan fingerprint density at radius 3 is 2.67 bits per heavy atom. The second kappa shape index (κ2) is 7.29. The normalized spacial score (nSPS) is 11.5. The summed E-state index contributed by atoms with van der Waals surface area (Å²) >= 11 is 6.71. The van der Waals surface area contributed by atoms with Gasteiger partial charge >= 0.3 is 5.97 Å². The van der Waals surface area contributed by atoms with Crippen LogP contribution in [0, 0.1) is 0 Å². The number of carboxylic acids is 1. The van der Waals surface area contributed by atoms with Crippen molar-refractivity contribution >= 4 is 35.4 Å². The van der Waals surface area contributed by atoms with E-state index < -0.39 is 5.97 Å². The lowest BCUT2D eigenvalue weighted by molar-refractivity contribution is -0.131. The van der Waals surface area contributed by atoms with Crippen LogP contribution in [0.3, 0.4) is 0 Å². The predicted molar refractivity (Wildman–Crippen MR) is 90.5 cm³/mol. The second-order valence-corrected chi connectivity index (χ2v) is 6.01. The van der Waals surface area contributed by atoms with E-state index >= 15 is 0 Å². The van der Waals surface area contributed by atoms with E-state index in [1.165, 1.54) is 6.08 Å². The number of rotatable bonds is 5.